The summed E-state index contributed by atoms with van der Waals surface area (Å²) in [6.45, 7) is 8.26. The Morgan fingerprint density at radius 3 is 2.60 bits per heavy atom. The molecule has 0 bridgehead atoms. The van der Waals surface area contributed by atoms with Gasteiger partial charge in [-0.15, -0.1) is 0 Å². The number of benzene rings is 2. The van der Waals surface area contributed by atoms with E-state index >= 15 is 0 Å². The molecule has 50 heavy (non-hydrogen) atoms. The Morgan fingerprint density at radius 2 is 1.84 bits per heavy atom. The molecule has 1 saturated carbocycles. The summed E-state index contributed by atoms with van der Waals surface area (Å²) in [5.41, 5.74) is 4.53. The lowest BCUT2D eigenvalue weighted by Crippen LogP contribution is -2.54. The van der Waals surface area contributed by atoms with Crippen LogP contribution < -0.4 is 19.5 Å². The van der Waals surface area contributed by atoms with Crippen molar-refractivity contribution in [2.45, 2.75) is 109 Å². The minimum absolute atomic E-state index is 0.184. The minimum Gasteiger partial charge on any atom is -0.493 e. The van der Waals surface area contributed by atoms with E-state index < -0.39 is 23.8 Å². The van der Waals surface area contributed by atoms with Gasteiger partial charge in [-0.1, -0.05) is 31.5 Å². The number of hydrogen-bond donors (Lipinski definition) is 1. The molecule has 1 unspecified atom stereocenters. The number of anilines is 1. The van der Waals surface area contributed by atoms with E-state index in [0.717, 1.165) is 61.5 Å². The topological polar surface area (TPSA) is 105 Å². The highest BCUT2D eigenvalue weighted by Gasteiger charge is 2.55. The Labute approximate surface area is 299 Å². The molecule has 1 fully saturated rings. The number of fused-ring (bicyclic) bond motifs is 4. The van der Waals surface area contributed by atoms with Gasteiger partial charge in [-0.05, 0) is 128 Å². The van der Waals surface area contributed by atoms with Crippen LogP contribution in [0.2, 0.25) is 5.02 Å². The number of rotatable bonds is 10. The van der Waals surface area contributed by atoms with Crippen molar-refractivity contribution < 1.29 is 33.3 Å². The third-order valence-corrected chi connectivity index (χ3v) is 11.6. The van der Waals surface area contributed by atoms with Gasteiger partial charge in [-0.2, -0.15) is 0 Å². The number of nitrogens with zero attached hydrogens (tertiary/aromatic N) is 1. The van der Waals surface area contributed by atoms with Crippen LogP contribution in [0.25, 0.3) is 0 Å². The van der Waals surface area contributed by atoms with Crippen molar-refractivity contribution in [1.82, 2.24) is 4.98 Å². The molecule has 0 amide bonds. The molecule has 9 nitrogen and oxygen atoms in total. The van der Waals surface area contributed by atoms with Crippen molar-refractivity contribution in [3.63, 3.8) is 0 Å². The summed E-state index contributed by atoms with van der Waals surface area (Å²) in [6.07, 6.45) is 8.62. The summed E-state index contributed by atoms with van der Waals surface area (Å²) in [6, 6.07) is 13.7. The monoisotopic (exact) mass is 702 g/mol. The van der Waals surface area contributed by atoms with Crippen molar-refractivity contribution >= 4 is 29.2 Å². The number of esters is 2. The number of pyridine rings is 1. The average molecular weight is 703 g/mol. The van der Waals surface area contributed by atoms with Gasteiger partial charge in [0.2, 0.25) is 13.1 Å². The molecule has 7 rings (SSSR count). The Morgan fingerprint density at radius 1 is 1.06 bits per heavy atom. The molecule has 1 aromatic heterocycles. The summed E-state index contributed by atoms with van der Waals surface area (Å²) in [4.78, 5) is 30.3. The van der Waals surface area contributed by atoms with E-state index in [1.54, 1.807) is 13.0 Å². The summed E-state index contributed by atoms with van der Waals surface area (Å²) in [7, 11) is 0. The summed E-state index contributed by atoms with van der Waals surface area (Å²) < 4.78 is 29.2. The largest absolute Gasteiger partial charge is 0.493 e. The third-order valence-electron chi connectivity index (χ3n) is 11.4. The number of aryl methyl sites for hydroxylation is 1. The molecular formula is C40H47ClN2O7. The molecular weight excluding hydrogens is 656 g/mol. The number of aromatic nitrogens is 1. The molecule has 1 aliphatic heterocycles. The number of hydrogen-bond acceptors (Lipinski definition) is 9. The highest BCUT2D eigenvalue weighted by molar-refractivity contribution is 6.30. The number of ether oxygens (including phenoxy) is 5. The summed E-state index contributed by atoms with van der Waals surface area (Å²) in [5.74, 6) is 2.65. The molecule has 10 heteroatoms. The molecule has 2 aromatic carbocycles. The van der Waals surface area contributed by atoms with E-state index in [-0.39, 0.29) is 12.2 Å². The second-order valence-corrected chi connectivity index (χ2v) is 15.3. The fraction of sp³-hybridized carbons (Fsp3) is 0.525. The fourth-order valence-electron chi connectivity index (χ4n) is 9.01. The third kappa shape index (κ3) is 6.73. The SMILES string of the molecule is CC(=O)OC(C)OC(=O)C1(Nc2cccc(Cl)c2)CCC2(CC1)c1cc3c(cc1C[C@@H]2C[C@@H](C)COc1ccnc2c1[C@H](C)CCC2)OCO3. The van der Waals surface area contributed by atoms with Gasteiger partial charge in [-0.3, -0.25) is 9.78 Å². The van der Waals surface area contributed by atoms with Crippen LogP contribution in [0.5, 0.6) is 17.2 Å². The molecule has 1 spiro atoms. The maximum atomic E-state index is 14.0. The molecule has 1 N–H and O–H groups in total. The second kappa shape index (κ2) is 14.0. The lowest BCUT2D eigenvalue weighted by Gasteiger charge is -2.48. The predicted molar refractivity (Wildman–Crippen MR) is 190 cm³/mol. The summed E-state index contributed by atoms with van der Waals surface area (Å²) >= 11 is 6.36. The number of carbonyl (C=O) groups excluding carboxylic acids is 2. The highest BCUT2D eigenvalue weighted by Crippen LogP contribution is 2.58. The Hall–Kier alpha value is -3.98. The molecule has 3 aliphatic carbocycles. The molecule has 4 atom stereocenters. The maximum absolute atomic E-state index is 14.0. The first-order valence-corrected chi connectivity index (χ1v) is 18.4. The summed E-state index contributed by atoms with van der Waals surface area (Å²) in [5, 5.41) is 4.09. The highest BCUT2D eigenvalue weighted by atomic mass is 35.5. The molecule has 3 aromatic rings. The first kappa shape index (κ1) is 34.5. The van der Waals surface area contributed by atoms with Crippen LogP contribution in [0.4, 0.5) is 5.69 Å². The van der Waals surface area contributed by atoms with Gasteiger partial charge in [0, 0.05) is 42.0 Å². The normalized spacial score (nSPS) is 26.0. The predicted octanol–water partition coefficient (Wildman–Crippen LogP) is 8.30. The van der Waals surface area contributed by atoms with Crippen LogP contribution in [-0.4, -0.2) is 42.2 Å². The zero-order valence-electron chi connectivity index (χ0n) is 29.4. The van der Waals surface area contributed by atoms with E-state index in [9.17, 15) is 9.59 Å². The lowest BCUT2D eigenvalue weighted by atomic mass is 9.59. The Balaban J connectivity index is 1.15. The standard InChI is InChI=1S/C40H47ClN2O7/c1-24(22-46-34-11-16-42-33-10-5-7-25(2)37(33)34)17-29-18-28-19-35-36(48-23-47-35)21-32(28)39(29)12-14-40(15-13-39,38(45)50-27(4)49-26(3)44)43-31-9-6-8-30(41)20-31/h6,8-9,11,16,19-21,24-25,27,29,43H,5,7,10,12-15,17-18,22-23H2,1-4H3/t24-,25-,27?,29+,39?,40?/m1/s1. The van der Waals surface area contributed by atoms with Gasteiger partial charge in [0.25, 0.3) is 0 Å². The van der Waals surface area contributed by atoms with E-state index in [1.807, 2.05) is 30.5 Å². The van der Waals surface area contributed by atoms with Crippen LogP contribution in [0, 0.1) is 11.8 Å². The van der Waals surface area contributed by atoms with Gasteiger partial charge < -0.3 is 29.0 Å². The first-order chi connectivity index (χ1) is 24.0. The number of nitrogens with one attached hydrogen (secondary N) is 1. The molecule has 2 heterocycles. The van der Waals surface area contributed by atoms with E-state index in [2.05, 4.69) is 36.3 Å². The van der Waals surface area contributed by atoms with Crippen molar-refractivity contribution in [2.24, 2.45) is 11.8 Å². The average Bonchev–Trinajstić information content (AvgIpc) is 3.65. The maximum Gasteiger partial charge on any atom is 0.334 e. The van der Waals surface area contributed by atoms with Gasteiger partial charge in [0.1, 0.15) is 11.3 Å². The van der Waals surface area contributed by atoms with Gasteiger partial charge in [0.05, 0.1) is 6.61 Å². The molecule has 266 valence electrons. The minimum atomic E-state index is -1.04. The van der Waals surface area contributed by atoms with Crippen LogP contribution in [-0.2, 0) is 37.3 Å². The first-order valence-electron chi connectivity index (χ1n) is 18.0. The molecule has 0 saturated heterocycles. The van der Waals surface area contributed by atoms with Gasteiger partial charge in [-0.25, -0.2) is 4.79 Å². The fourth-order valence-corrected chi connectivity index (χ4v) is 9.20. The van der Waals surface area contributed by atoms with Crippen LogP contribution in [0.1, 0.15) is 101 Å². The van der Waals surface area contributed by atoms with E-state index in [1.165, 1.54) is 35.7 Å². The molecule has 4 aliphatic rings. The zero-order valence-corrected chi connectivity index (χ0v) is 30.1. The van der Waals surface area contributed by atoms with Crippen molar-refractivity contribution in [3.8, 4) is 17.2 Å². The van der Waals surface area contributed by atoms with Crippen LogP contribution >= 0.6 is 11.6 Å². The Bertz CT molecular complexity index is 1750. The van der Waals surface area contributed by atoms with Crippen LogP contribution in [0.3, 0.4) is 0 Å². The zero-order chi connectivity index (χ0) is 35.0. The van der Waals surface area contributed by atoms with Crippen molar-refractivity contribution in [3.05, 3.63) is 76.1 Å². The van der Waals surface area contributed by atoms with Crippen molar-refractivity contribution in [1.29, 1.82) is 0 Å². The number of carbonyl (C=O) groups is 2. The smallest absolute Gasteiger partial charge is 0.334 e. The van der Waals surface area contributed by atoms with Gasteiger partial charge >= 0.3 is 11.9 Å². The second-order valence-electron chi connectivity index (χ2n) is 14.8. The van der Waals surface area contributed by atoms with E-state index in [4.69, 9.17) is 35.3 Å². The quantitative estimate of drug-likeness (QED) is 0.165. The lowest BCUT2D eigenvalue weighted by molar-refractivity contribution is -0.187. The Kier molecular flexibility index (Phi) is 9.63. The number of halogens is 1. The van der Waals surface area contributed by atoms with Crippen molar-refractivity contribution in [2.75, 3.05) is 18.7 Å². The van der Waals surface area contributed by atoms with Gasteiger partial charge in [0.15, 0.2) is 11.5 Å². The van der Waals surface area contributed by atoms with Crippen LogP contribution in [0.15, 0.2) is 48.7 Å². The molecule has 0 radical (unpaired) electrons. The van der Waals surface area contributed by atoms with E-state index in [0.29, 0.717) is 42.2 Å².